The van der Waals surface area contributed by atoms with Gasteiger partial charge in [0.15, 0.2) is 0 Å². The average molecular weight is 443 g/mol. The number of ether oxygens (including phenoxy) is 1. The lowest BCUT2D eigenvalue weighted by Gasteiger charge is -2.02. The van der Waals surface area contributed by atoms with Crippen molar-refractivity contribution in [3.63, 3.8) is 0 Å². The number of carbonyl (C=O) groups is 2. The summed E-state index contributed by atoms with van der Waals surface area (Å²) in [6.07, 6.45) is 0. The van der Waals surface area contributed by atoms with Gasteiger partial charge in [0.2, 0.25) is 0 Å². The largest absolute Gasteiger partial charge is 0.386 e. The molecule has 0 aliphatic carbocycles. The Morgan fingerprint density at radius 2 is 1.00 bits per heavy atom. The van der Waals surface area contributed by atoms with Crippen molar-refractivity contribution in [2.24, 2.45) is 0 Å². The van der Waals surface area contributed by atoms with Crippen LogP contribution >= 0.6 is 22.7 Å². The molecule has 3 heterocycles. The molecule has 0 fully saturated rings. The van der Waals surface area contributed by atoms with E-state index in [1.165, 1.54) is 0 Å². The first-order valence-corrected chi connectivity index (χ1v) is 11.5. The normalized spacial score (nSPS) is 13.7. The van der Waals surface area contributed by atoms with Gasteiger partial charge in [-0.25, -0.2) is 9.59 Å². The van der Waals surface area contributed by atoms with E-state index >= 15 is 0 Å². The first-order chi connectivity index (χ1) is 15.0. The topological polar surface area (TPSA) is 43.4 Å². The minimum Gasteiger partial charge on any atom is -0.386 e. The fraction of sp³-hybridized carbons (Fsp3) is 0.0769. The molecule has 0 bridgehead atoms. The third-order valence-electron chi connectivity index (χ3n) is 5.33. The standard InChI is InChI=1S/C26H18O3S2/c1-15-19(13-21(30-15)17-9-5-3-6-10-17)23-24(26(28)29-25(23)27)20-14-22(31-16(20)2)18-11-7-4-8-12-18/h3-14H,1-2H3. The zero-order valence-electron chi connectivity index (χ0n) is 17.0. The van der Waals surface area contributed by atoms with E-state index in [0.717, 1.165) is 41.8 Å². The van der Waals surface area contributed by atoms with E-state index < -0.39 is 11.9 Å². The van der Waals surface area contributed by atoms with Gasteiger partial charge in [-0.2, -0.15) is 0 Å². The Morgan fingerprint density at radius 3 is 1.39 bits per heavy atom. The highest BCUT2D eigenvalue weighted by molar-refractivity contribution is 7.16. The molecule has 1 aliphatic heterocycles. The van der Waals surface area contributed by atoms with Crippen molar-refractivity contribution in [2.45, 2.75) is 13.8 Å². The molecular formula is C26H18O3S2. The number of hydrogen-bond acceptors (Lipinski definition) is 5. The second kappa shape index (κ2) is 7.76. The Labute approximate surface area is 188 Å². The summed E-state index contributed by atoms with van der Waals surface area (Å²) >= 11 is 3.22. The van der Waals surface area contributed by atoms with Crippen LogP contribution in [0.25, 0.3) is 32.0 Å². The summed E-state index contributed by atoms with van der Waals surface area (Å²) < 4.78 is 5.09. The Kier molecular flexibility index (Phi) is 4.93. The van der Waals surface area contributed by atoms with Crippen molar-refractivity contribution in [1.82, 2.24) is 0 Å². The summed E-state index contributed by atoms with van der Waals surface area (Å²) in [7, 11) is 0. The lowest BCUT2D eigenvalue weighted by Crippen LogP contribution is -2.02. The molecule has 152 valence electrons. The molecule has 0 saturated carbocycles. The van der Waals surface area contributed by atoms with Crippen LogP contribution in [0.4, 0.5) is 0 Å². The summed E-state index contributed by atoms with van der Waals surface area (Å²) in [5.74, 6) is -1.15. The monoisotopic (exact) mass is 442 g/mol. The first-order valence-electron chi connectivity index (χ1n) is 9.86. The van der Waals surface area contributed by atoms with Gasteiger partial charge in [-0.15, -0.1) is 22.7 Å². The molecule has 0 amide bonds. The molecule has 2 aromatic carbocycles. The lowest BCUT2D eigenvalue weighted by atomic mass is 9.96. The number of hydrogen-bond donors (Lipinski definition) is 0. The van der Waals surface area contributed by atoms with Crippen molar-refractivity contribution >= 4 is 45.8 Å². The fourth-order valence-electron chi connectivity index (χ4n) is 3.83. The van der Waals surface area contributed by atoms with E-state index in [9.17, 15) is 9.59 Å². The number of aryl methyl sites for hydroxylation is 2. The highest BCUT2D eigenvalue weighted by Crippen LogP contribution is 2.43. The molecule has 4 aromatic rings. The van der Waals surface area contributed by atoms with E-state index in [2.05, 4.69) is 0 Å². The maximum Gasteiger partial charge on any atom is 0.347 e. The van der Waals surface area contributed by atoms with Gasteiger partial charge in [-0.1, -0.05) is 60.7 Å². The van der Waals surface area contributed by atoms with Gasteiger partial charge in [-0.3, -0.25) is 0 Å². The van der Waals surface area contributed by atoms with Gasteiger partial charge in [-0.05, 0) is 37.1 Å². The van der Waals surface area contributed by atoms with Crippen LogP contribution in [0.1, 0.15) is 20.9 Å². The van der Waals surface area contributed by atoms with Crippen LogP contribution < -0.4 is 0 Å². The Hall–Kier alpha value is -3.28. The van der Waals surface area contributed by atoms with E-state index in [1.807, 2.05) is 86.6 Å². The van der Waals surface area contributed by atoms with Gasteiger partial charge < -0.3 is 4.74 Å². The number of thiophene rings is 2. The fourth-order valence-corrected chi connectivity index (χ4v) is 5.89. The number of esters is 2. The first kappa shape index (κ1) is 19.7. The van der Waals surface area contributed by atoms with E-state index in [1.54, 1.807) is 22.7 Å². The second-order valence-electron chi connectivity index (χ2n) is 7.32. The minimum absolute atomic E-state index is 0.362. The van der Waals surface area contributed by atoms with Crippen LogP contribution in [-0.4, -0.2) is 11.9 Å². The van der Waals surface area contributed by atoms with Crippen molar-refractivity contribution < 1.29 is 14.3 Å². The highest BCUT2D eigenvalue weighted by Gasteiger charge is 2.37. The Bertz CT molecular complexity index is 1240. The van der Waals surface area contributed by atoms with Crippen LogP contribution in [0.15, 0.2) is 72.8 Å². The number of benzene rings is 2. The molecule has 1 aliphatic rings. The molecule has 0 N–H and O–H groups in total. The van der Waals surface area contributed by atoms with E-state index in [0.29, 0.717) is 11.1 Å². The molecule has 2 aromatic heterocycles. The van der Waals surface area contributed by atoms with E-state index in [-0.39, 0.29) is 0 Å². The molecule has 5 rings (SSSR count). The van der Waals surface area contributed by atoms with Crippen LogP contribution in [0, 0.1) is 13.8 Å². The number of rotatable bonds is 4. The number of carbonyl (C=O) groups excluding carboxylic acids is 2. The minimum atomic E-state index is -0.577. The molecule has 31 heavy (non-hydrogen) atoms. The molecule has 0 saturated heterocycles. The lowest BCUT2D eigenvalue weighted by molar-refractivity contribution is -0.149. The van der Waals surface area contributed by atoms with Crippen LogP contribution in [0.5, 0.6) is 0 Å². The maximum absolute atomic E-state index is 12.8. The molecule has 0 atom stereocenters. The maximum atomic E-state index is 12.8. The molecule has 3 nitrogen and oxygen atoms in total. The highest BCUT2D eigenvalue weighted by atomic mass is 32.1. The Balaban J connectivity index is 1.67. The molecule has 0 radical (unpaired) electrons. The van der Waals surface area contributed by atoms with Gasteiger partial charge >= 0.3 is 11.9 Å². The van der Waals surface area contributed by atoms with Gasteiger partial charge in [0.25, 0.3) is 0 Å². The summed E-state index contributed by atoms with van der Waals surface area (Å²) in [6, 6.07) is 24.0. The van der Waals surface area contributed by atoms with Gasteiger partial charge in [0.05, 0.1) is 11.1 Å². The van der Waals surface area contributed by atoms with Crippen LogP contribution in [0.2, 0.25) is 0 Å². The van der Waals surface area contributed by atoms with Crippen molar-refractivity contribution in [3.05, 3.63) is 93.7 Å². The second-order valence-corrected chi connectivity index (χ2v) is 9.83. The summed E-state index contributed by atoms with van der Waals surface area (Å²) in [6.45, 7) is 3.95. The summed E-state index contributed by atoms with van der Waals surface area (Å²) in [4.78, 5) is 29.6. The zero-order valence-corrected chi connectivity index (χ0v) is 18.6. The quantitative estimate of drug-likeness (QED) is 0.259. The molecule has 0 spiro atoms. The van der Waals surface area contributed by atoms with E-state index in [4.69, 9.17) is 4.74 Å². The van der Waals surface area contributed by atoms with Crippen molar-refractivity contribution in [1.29, 1.82) is 0 Å². The third kappa shape index (κ3) is 3.46. The van der Waals surface area contributed by atoms with Crippen molar-refractivity contribution in [2.75, 3.05) is 0 Å². The summed E-state index contributed by atoms with van der Waals surface area (Å²) in [5.41, 5.74) is 4.42. The Morgan fingerprint density at radius 1 is 0.613 bits per heavy atom. The average Bonchev–Trinajstić information content (AvgIpc) is 3.43. The molecule has 0 unspecified atom stereocenters. The number of cyclic esters (lactones) is 2. The van der Waals surface area contributed by atoms with Crippen LogP contribution in [-0.2, 0) is 14.3 Å². The molecule has 5 heteroatoms. The van der Waals surface area contributed by atoms with Crippen molar-refractivity contribution in [3.8, 4) is 20.9 Å². The van der Waals surface area contributed by atoms with Gasteiger partial charge in [0.1, 0.15) is 0 Å². The predicted molar refractivity (Wildman–Crippen MR) is 127 cm³/mol. The van der Waals surface area contributed by atoms with Crippen LogP contribution in [0.3, 0.4) is 0 Å². The molecular weight excluding hydrogens is 424 g/mol. The SMILES string of the molecule is Cc1sc(-c2ccccc2)cc1C1=C(c2cc(-c3ccccc3)sc2C)C(=O)OC1=O. The van der Waals surface area contributed by atoms with Gasteiger partial charge in [0, 0.05) is 30.6 Å². The zero-order chi connectivity index (χ0) is 21.5. The predicted octanol–water partition coefficient (Wildman–Crippen LogP) is 6.75. The smallest absolute Gasteiger partial charge is 0.347 e. The summed E-state index contributed by atoms with van der Waals surface area (Å²) in [5, 5.41) is 0. The third-order valence-corrected chi connectivity index (χ3v) is 7.53.